The molecule has 2 N–H and O–H groups in total. The number of nitrogens with one attached hydrogen (secondary N) is 2. The van der Waals surface area contributed by atoms with Crippen LogP contribution in [0.15, 0.2) is 53.0 Å². The first-order valence-corrected chi connectivity index (χ1v) is 7.99. The van der Waals surface area contributed by atoms with Crippen molar-refractivity contribution in [2.45, 2.75) is 19.8 Å². The van der Waals surface area contributed by atoms with E-state index in [-0.39, 0.29) is 12.8 Å². The second-order valence-corrected chi connectivity index (χ2v) is 5.65. The zero-order chi connectivity index (χ0) is 15.8. The van der Waals surface area contributed by atoms with Crippen LogP contribution < -0.4 is 15.4 Å². The summed E-state index contributed by atoms with van der Waals surface area (Å²) in [7, 11) is 0. The number of hydrogen-bond acceptors (Lipinski definition) is 2. The van der Waals surface area contributed by atoms with E-state index >= 15 is 0 Å². The van der Waals surface area contributed by atoms with E-state index in [1.807, 2.05) is 48.5 Å². The Bertz CT molecular complexity index is 614. The molecule has 2 amide bonds. The summed E-state index contributed by atoms with van der Waals surface area (Å²) in [5.41, 5.74) is 2.00. The number of halogens is 1. The number of carbonyl (C=O) groups is 1. The lowest BCUT2D eigenvalue weighted by atomic mass is 10.1. The second kappa shape index (κ2) is 8.44. The van der Waals surface area contributed by atoms with Crippen LogP contribution >= 0.6 is 15.9 Å². The summed E-state index contributed by atoms with van der Waals surface area (Å²) < 4.78 is 6.33. The third-order valence-electron chi connectivity index (χ3n) is 3.06. The zero-order valence-corrected chi connectivity index (χ0v) is 14.0. The van der Waals surface area contributed by atoms with Gasteiger partial charge in [0, 0.05) is 4.47 Å². The Labute approximate surface area is 139 Å². The molecule has 2 rings (SSSR count). The van der Waals surface area contributed by atoms with Crippen LogP contribution in [-0.2, 0) is 6.42 Å². The van der Waals surface area contributed by atoms with Crippen LogP contribution in [0.25, 0.3) is 0 Å². The molecule has 0 aromatic heterocycles. The molecule has 0 spiro atoms. The van der Waals surface area contributed by atoms with Gasteiger partial charge in [-0.3, -0.25) is 0 Å². The summed E-state index contributed by atoms with van der Waals surface area (Å²) >= 11 is 3.38. The summed E-state index contributed by atoms with van der Waals surface area (Å²) in [5, 5.41) is 5.40. The average molecular weight is 363 g/mol. The number of hydrogen-bond donors (Lipinski definition) is 2. The van der Waals surface area contributed by atoms with Crippen molar-refractivity contribution in [1.29, 1.82) is 0 Å². The molecular weight excluding hydrogens is 344 g/mol. The molecular formula is C17H19BrN2O2. The van der Waals surface area contributed by atoms with Crippen LogP contribution in [0.1, 0.15) is 18.9 Å². The number of rotatable bonds is 6. The van der Waals surface area contributed by atoms with Crippen LogP contribution in [0.3, 0.4) is 0 Å². The van der Waals surface area contributed by atoms with E-state index in [2.05, 4.69) is 33.5 Å². The Morgan fingerprint density at radius 2 is 1.86 bits per heavy atom. The van der Waals surface area contributed by atoms with Gasteiger partial charge < -0.3 is 15.4 Å². The zero-order valence-electron chi connectivity index (χ0n) is 12.4. The first-order chi connectivity index (χ1) is 10.7. The maximum atomic E-state index is 11.8. The van der Waals surface area contributed by atoms with E-state index in [4.69, 9.17) is 4.74 Å². The molecule has 0 bridgehead atoms. The molecule has 0 aliphatic carbocycles. The molecule has 0 saturated carbocycles. The third-order valence-corrected chi connectivity index (χ3v) is 3.75. The highest BCUT2D eigenvalue weighted by Gasteiger charge is 2.04. The molecule has 0 aliphatic rings. The standard InChI is InChI=1S/C17H19BrN2O2/c1-2-5-13-8-10-14(11-9-13)22-12-19-17(21)20-16-7-4-3-6-15(16)18/h3-4,6-11H,2,5,12H2,1H3,(H2,19,20,21). The van der Waals surface area contributed by atoms with Crippen molar-refractivity contribution in [1.82, 2.24) is 5.32 Å². The highest BCUT2D eigenvalue weighted by atomic mass is 79.9. The van der Waals surface area contributed by atoms with Crippen LogP contribution in [0.2, 0.25) is 0 Å². The van der Waals surface area contributed by atoms with Gasteiger partial charge in [0.2, 0.25) is 0 Å². The molecule has 0 unspecified atom stereocenters. The molecule has 0 fully saturated rings. The number of ether oxygens (including phenoxy) is 1. The van der Waals surface area contributed by atoms with Crippen LogP contribution in [0.4, 0.5) is 10.5 Å². The predicted molar refractivity (Wildman–Crippen MR) is 92.2 cm³/mol. The van der Waals surface area contributed by atoms with E-state index in [1.165, 1.54) is 5.56 Å². The van der Waals surface area contributed by atoms with Gasteiger partial charge in [-0.05, 0) is 52.2 Å². The summed E-state index contributed by atoms with van der Waals surface area (Å²) in [4.78, 5) is 11.8. The summed E-state index contributed by atoms with van der Waals surface area (Å²) in [6, 6.07) is 15.0. The molecule has 4 nitrogen and oxygen atoms in total. The second-order valence-electron chi connectivity index (χ2n) is 4.79. The van der Waals surface area contributed by atoms with Crippen molar-refractivity contribution in [2.75, 3.05) is 12.0 Å². The number of benzene rings is 2. The molecule has 2 aromatic rings. The Hall–Kier alpha value is -2.01. The average Bonchev–Trinajstić information content (AvgIpc) is 2.52. The fraction of sp³-hybridized carbons (Fsp3) is 0.235. The Kier molecular flexibility index (Phi) is 6.27. The molecule has 2 aromatic carbocycles. The summed E-state index contributed by atoms with van der Waals surface area (Å²) in [5.74, 6) is 0.737. The Morgan fingerprint density at radius 3 is 2.55 bits per heavy atom. The van der Waals surface area contributed by atoms with Crippen molar-refractivity contribution in [3.05, 3.63) is 58.6 Å². The fourth-order valence-corrected chi connectivity index (χ4v) is 2.34. The number of aryl methyl sites for hydroxylation is 1. The van der Waals surface area contributed by atoms with E-state index in [9.17, 15) is 4.79 Å². The Balaban J connectivity index is 1.76. The van der Waals surface area contributed by atoms with Gasteiger partial charge in [-0.25, -0.2) is 4.79 Å². The topological polar surface area (TPSA) is 50.4 Å². The van der Waals surface area contributed by atoms with Gasteiger partial charge in [0.05, 0.1) is 5.69 Å². The molecule has 0 saturated heterocycles. The van der Waals surface area contributed by atoms with E-state index < -0.39 is 0 Å². The van der Waals surface area contributed by atoms with Crippen molar-refractivity contribution in [3.63, 3.8) is 0 Å². The normalized spacial score (nSPS) is 10.1. The van der Waals surface area contributed by atoms with Gasteiger partial charge in [-0.2, -0.15) is 0 Å². The first-order valence-electron chi connectivity index (χ1n) is 7.20. The minimum atomic E-state index is -0.311. The number of urea groups is 1. The van der Waals surface area contributed by atoms with E-state index in [1.54, 1.807) is 0 Å². The van der Waals surface area contributed by atoms with Crippen LogP contribution in [0.5, 0.6) is 5.75 Å². The summed E-state index contributed by atoms with van der Waals surface area (Å²) in [6.07, 6.45) is 2.18. The van der Waals surface area contributed by atoms with Crippen molar-refractivity contribution in [3.8, 4) is 5.75 Å². The predicted octanol–water partition coefficient (Wildman–Crippen LogP) is 4.56. The molecule has 0 aliphatic heterocycles. The first kappa shape index (κ1) is 16.4. The maximum absolute atomic E-state index is 11.8. The van der Waals surface area contributed by atoms with Gasteiger partial charge in [0.15, 0.2) is 6.73 Å². The van der Waals surface area contributed by atoms with Gasteiger partial charge >= 0.3 is 6.03 Å². The molecule has 0 radical (unpaired) electrons. The number of amides is 2. The largest absolute Gasteiger partial charge is 0.473 e. The number of carbonyl (C=O) groups excluding carboxylic acids is 1. The van der Waals surface area contributed by atoms with E-state index in [0.717, 1.165) is 23.1 Å². The lowest BCUT2D eigenvalue weighted by molar-refractivity contribution is 0.234. The minimum absolute atomic E-state index is 0.114. The Morgan fingerprint density at radius 1 is 1.14 bits per heavy atom. The van der Waals surface area contributed by atoms with Crippen molar-refractivity contribution >= 4 is 27.6 Å². The van der Waals surface area contributed by atoms with Gasteiger partial charge in [0.1, 0.15) is 5.75 Å². The van der Waals surface area contributed by atoms with Crippen LogP contribution in [-0.4, -0.2) is 12.8 Å². The highest BCUT2D eigenvalue weighted by molar-refractivity contribution is 9.10. The van der Waals surface area contributed by atoms with Gasteiger partial charge in [-0.1, -0.05) is 37.6 Å². The fourth-order valence-electron chi connectivity index (χ4n) is 1.96. The lowest BCUT2D eigenvalue weighted by Crippen LogP contribution is -2.32. The van der Waals surface area contributed by atoms with Gasteiger partial charge in [0.25, 0.3) is 0 Å². The highest BCUT2D eigenvalue weighted by Crippen LogP contribution is 2.20. The third kappa shape index (κ3) is 5.07. The van der Waals surface area contributed by atoms with Crippen molar-refractivity contribution in [2.24, 2.45) is 0 Å². The van der Waals surface area contributed by atoms with Gasteiger partial charge in [-0.15, -0.1) is 0 Å². The maximum Gasteiger partial charge on any atom is 0.321 e. The quantitative estimate of drug-likeness (QED) is 0.740. The molecule has 22 heavy (non-hydrogen) atoms. The lowest BCUT2D eigenvalue weighted by Gasteiger charge is -2.10. The van der Waals surface area contributed by atoms with E-state index in [0.29, 0.717) is 5.69 Å². The van der Waals surface area contributed by atoms with Crippen LogP contribution in [0, 0.1) is 0 Å². The molecule has 0 heterocycles. The smallest absolute Gasteiger partial charge is 0.321 e. The monoisotopic (exact) mass is 362 g/mol. The SMILES string of the molecule is CCCc1ccc(OCNC(=O)Nc2ccccc2Br)cc1. The van der Waals surface area contributed by atoms with Crippen molar-refractivity contribution < 1.29 is 9.53 Å². The molecule has 5 heteroatoms. The number of para-hydroxylation sites is 1. The molecule has 116 valence electrons. The molecule has 0 atom stereocenters. The minimum Gasteiger partial charge on any atom is -0.473 e. The number of anilines is 1. The summed E-state index contributed by atoms with van der Waals surface area (Å²) in [6.45, 7) is 2.27.